The average Bonchev–Trinajstić information content (AvgIpc) is 2.66. The summed E-state index contributed by atoms with van der Waals surface area (Å²) >= 11 is 0. The molecular formula is C19H10N4O2. The third-order valence-corrected chi connectivity index (χ3v) is 3.98. The van der Waals surface area contributed by atoms with Gasteiger partial charge in [-0.2, -0.15) is 20.8 Å². The summed E-state index contributed by atoms with van der Waals surface area (Å²) in [4.78, 5) is 12.5. The van der Waals surface area contributed by atoms with E-state index in [0.717, 1.165) is 0 Å². The number of nitriles is 3. The number of fused-ring (bicyclic) bond motifs is 1. The Labute approximate surface area is 143 Å². The molecule has 2 aromatic carbocycles. The second kappa shape index (κ2) is 6.29. The van der Waals surface area contributed by atoms with Gasteiger partial charge < -0.3 is 0 Å². The molecule has 6 nitrogen and oxygen atoms in total. The lowest BCUT2D eigenvalue weighted by molar-refractivity contribution is -0.120. The van der Waals surface area contributed by atoms with Crippen LogP contribution >= 0.6 is 0 Å². The number of hydrogen-bond donors (Lipinski definition) is 1. The van der Waals surface area contributed by atoms with E-state index in [9.17, 15) is 15.3 Å². The summed E-state index contributed by atoms with van der Waals surface area (Å²) < 4.78 is 0. The van der Waals surface area contributed by atoms with Crippen LogP contribution in [0, 0.1) is 34.0 Å². The monoisotopic (exact) mass is 326 g/mol. The fraction of sp³-hybridized carbons (Fsp3) is 0.0526. The summed E-state index contributed by atoms with van der Waals surface area (Å²) in [7, 11) is 0. The predicted octanol–water partition coefficient (Wildman–Crippen LogP) is 2.69. The van der Waals surface area contributed by atoms with Crippen LogP contribution in [0.25, 0.3) is 5.57 Å². The molecule has 0 unspecified atom stereocenters. The van der Waals surface area contributed by atoms with Gasteiger partial charge in [-0.05, 0) is 23.3 Å². The largest absolute Gasteiger partial charge is 0.281 e. The quantitative estimate of drug-likeness (QED) is 0.492. The van der Waals surface area contributed by atoms with E-state index in [4.69, 9.17) is 10.5 Å². The molecule has 118 valence electrons. The summed E-state index contributed by atoms with van der Waals surface area (Å²) in [5.41, 5.74) is 1.74. The highest BCUT2D eigenvalue weighted by Gasteiger charge is 2.31. The third kappa shape index (κ3) is 2.62. The highest BCUT2D eigenvalue weighted by Crippen LogP contribution is 2.34. The molecule has 0 spiro atoms. The number of benzene rings is 2. The number of hydrogen-bond acceptors (Lipinski definition) is 5. The molecule has 2 aromatic rings. The van der Waals surface area contributed by atoms with Gasteiger partial charge in [0.15, 0.2) is 0 Å². The summed E-state index contributed by atoms with van der Waals surface area (Å²) in [6.07, 6.45) is 0.0867. The standard InChI is InChI=1S/C19H10N4O2/c20-9-14-6-13-7-16(17(11-22)12-4-2-1-3-5-12)19(24)23(25)18(13)8-15(14)10-21/h1-6,8,25H,7H2/b17-16-. The maximum Gasteiger partial charge on any atom is 0.279 e. The van der Waals surface area contributed by atoms with Gasteiger partial charge in [-0.1, -0.05) is 30.3 Å². The van der Waals surface area contributed by atoms with Gasteiger partial charge in [-0.3, -0.25) is 10.0 Å². The van der Waals surface area contributed by atoms with Crippen LogP contribution in [-0.4, -0.2) is 11.1 Å². The molecule has 1 N–H and O–H groups in total. The molecule has 1 amide bonds. The van der Waals surface area contributed by atoms with Crippen molar-refractivity contribution in [2.75, 3.05) is 5.06 Å². The van der Waals surface area contributed by atoms with Gasteiger partial charge in [-0.15, -0.1) is 0 Å². The summed E-state index contributed by atoms with van der Waals surface area (Å²) in [6, 6.07) is 17.3. The Kier molecular flexibility index (Phi) is 4.02. The zero-order valence-electron chi connectivity index (χ0n) is 12.9. The number of rotatable bonds is 1. The normalized spacial score (nSPS) is 14.8. The van der Waals surface area contributed by atoms with E-state index in [1.54, 1.807) is 30.3 Å². The molecule has 0 saturated heterocycles. The Balaban J connectivity index is 2.22. The van der Waals surface area contributed by atoms with Crippen molar-refractivity contribution < 1.29 is 10.0 Å². The topological polar surface area (TPSA) is 112 Å². The van der Waals surface area contributed by atoms with Crippen molar-refractivity contribution in [1.29, 1.82) is 15.8 Å². The van der Waals surface area contributed by atoms with E-state index in [1.165, 1.54) is 12.1 Å². The summed E-state index contributed by atoms with van der Waals surface area (Å²) in [5.74, 6) is -0.721. The highest BCUT2D eigenvalue weighted by atomic mass is 16.5. The van der Waals surface area contributed by atoms with Gasteiger partial charge in [-0.25, -0.2) is 0 Å². The molecule has 25 heavy (non-hydrogen) atoms. The van der Waals surface area contributed by atoms with Crippen molar-refractivity contribution in [2.24, 2.45) is 0 Å². The van der Waals surface area contributed by atoms with Gasteiger partial charge in [0.2, 0.25) is 0 Å². The van der Waals surface area contributed by atoms with Crippen molar-refractivity contribution >= 4 is 17.2 Å². The third-order valence-electron chi connectivity index (χ3n) is 3.98. The molecule has 0 aromatic heterocycles. The molecule has 1 heterocycles. The van der Waals surface area contributed by atoms with Crippen LogP contribution in [0.3, 0.4) is 0 Å². The van der Waals surface area contributed by atoms with Crippen molar-refractivity contribution in [2.45, 2.75) is 6.42 Å². The van der Waals surface area contributed by atoms with Crippen molar-refractivity contribution in [3.63, 3.8) is 0 Å². The Hall–Kier alpha value is -3.92. The molecule has 0 saturated carbocycles. The molecule has 0 aliphatic carbocycles. The molecule has 0 bridgehead atoms. The number of hydroxylamine groups is 1. The van der Waals surface area contributed by atoms with Crippen LogP contribution in [0.2, 0.25) is 0 Å². The van der Waals surface area contributed by atoms with E-state index >= 15 is 0 Å². The van der Waals surface area contributed by atoms with E-state index in [1.807, 2.05) is 18.2 Å². The Morgan fingerprint density at radius 3 is 2.28 bits per heavy atom. The number of amides is 1. The van der Waals surface area contributed by atoms with Crippen molar-refractivity contribution in [3.8, 4) is 18.2 Å². The van der Waals surface area contributed by atoms with Crippen molar-refractivity contribution in [3.05, 3.63) is 70.3 Å². The minimum atomic E-state index is -0.721. The van der Waals surface area contributed by atoms with Crippen LogP contribution in [0.15, 0.2) is 48.0 Å². The minimum Gasteiger partial charge on any atom is -0.281 e. The molecular weight excluding hydrogens is 316 g/mol. The molecule has 1 aliphatic rings. The molecule has 1 aliphatic heterocycles. The summed E-state index contributed by atoms with van der Waals surface area (Å²) in [6.45, 7) is 0. The van der Waals surface area contributed by atoms with Crippen LogP contribution in [0.1, 0.15) is 22.3 Å². The highest BCUT2D eigenvalue weighted by molar-refractivity contribution is 6.13. The number of allylic oxidation sites excluding steroid dienone is 1. The fourth-order valence-electron chi connectivity index (χ4n) is 2.77. The van der Waals surface area contributed by atoms with Crippen molar-refractivity contribution in [1.82, 2.24) is 0 Å². The second-order valence-electron chi connectivity index (χ2n) is 5.38. The number of anilines is 1. The second-order valence-corrected chi connectivity index (χ2v) is 5.38. The number of carbonyl (C=O) groups is 1. The molecule has 3 rings (SSSR count). The summed E-state index contributed by atoms with van der Waals surface area (Å²) in [5, 5.41) is 38.4. The number of carbonyl (C=O) groups excluding carboxylic acids is 1. The van der Waals surface area contributed by atoms with E-state index < -0.39 is 5.91 Å². The molecule has 0 radical (unpaired) electrons. The van der Waals surface area contributed by atoms with E-state index in [2.05, 4.69) is 0 Å². The smallest absolute Gasteiger partial charge is 0.279 e. The lowest BCUT2D eigenvalue weighted by atomic mass is 9.89. The first-order valence-corrected chi connectivity index (χ1v) is 7.29. The van der Waals surface area contributed by atoms with Gasteiger partial charge in [0.25, 0.3) is 5.91 Å². The first kappa shape index (κ1) is 16.0. The van der Waals surface area contributed by atoms with E-state index in [0.29, 0.717) is 16.2 Å². The van der Waals surface area contributed by atoms with Gasteiger partial charge in [0.05, 0.1) is 22.4 Å². The van der Waals surface area contributed by atoms with Crippen LogP contribution in [0.4, 0.5) is 5.69 Å². The van der Waals surface area contributed by atoms with Crippen LogP contribution in [-0.2, 0) is 11.2 Å². The van der Waals surface area contributed by atoms with E-state index in [-0.39, 0.29) is 34.4 Å². The lowest BCUT2D eigenvalue weighted by Crippen LogP contribution is -2.34. The lowest BCUT2D eigenvalue weighted by Gasteiger charge is -2.26. The maximum atomic E-state index is 12.5. The maximum absolute atomic E-state index is 12.5. The van der Waals surface area contributed by atoms with Gasteiger partial charge in [0, 0.05) is 12.0 Å². The molecule has 6 heteroatoms. The first-order valence-electron chi connectivity index (χ1n) is 7.29. The van der Waals surface area contributed by atoms with Crippen LogP contribution in [0.5, 0.6) is 0 Å². The average molecular weight is 326 g/mol. The first-order chi connectivity index (χ1) is 12.1. The molecule has 0 atom stereocenters. The Bertz CT molecular complexity index is 1030. The Morgan fingerprint density at radius 2 is 1.68 bits per heavy atom. The molecule has 0 fully saturated rings. The van der Waals surface area contributed by atoms with Crippen LogP contribution < -0.4 is 5.06 Å². The zero-order valence-corrected chi connectivity index (χ0v) is 12.9. The fourth-order valence-corrected chi connectivity index (χ4v) is 2.77. The number of nitrogens with zero attached hydrogens (tertiary/aromatic N) is 4. The predicted molar refractivity (Wildman–Crippen MR) is 87.8 cm³/mol. The minimum absolute atomic E-state index is 0.0732. The Morgan fingerprint density at radius 1 is 1.04 bits per heavy atom. The van der Waals surface area contributed by atoms with Gasteiger partial charge >= 0.3 is 0 Å². The SMILES string of the molecule is N#C/C(=C1\Cc2cc(C#N)c(C#N)cc2N(O)C1=O)c1ccccc1. The zero-order chi connectivity index (χ0) is 18.0. The van der Waals surface area contributed by atoms with Gasteiger partial charge in [0.1, 0.15) is 18.2 Å².